The number of amides is 1. The second-order valence-corrected chi connectivity index (χ2v) is 6.36. The Balaban J connectivity index is 1.76. The lowest BCUT2D eigenvalue weighted by molar-refractivity contribution is -0.130. The van der Waals surface area contributed by atoms with Gasteiger partial charge in [0.2, 0.25) is 5.91 Å². The second-order valence-electron chi connectivity index (χ2n) is 5.44. The Morgan fingerprint density at radius 1 is 1.27 bits per heavy atom. The van der Waals surface area contributed by atoms with Crippen molar-refractivity contribution in [2.45, 2.75) is 13.5 Å². The number of aromatic nitrogens is 2. The van der Waals surface area contributed by atoms with Crippen LogP contribution in [0.2, 0.25) is 0 Å². The van der Waals surface area contributed by atoms with E-state index in [4.69, 9.17) is 0 Å². The standard InChI is InChI=1S/C15H17BrN4O2/c1-11(21)19-6-4-18(5-7-19)10-13-8-15(22)20-9-12(16)2-3-14(20)17-13/h2-3,8-9H,4-7,10H2,1H3. The van der Waals surface area contributed by atoms with Gasteiger partial charge in [-0.2, -0.15) is 0 Å². The third-order valence-electron chi connectivity index (χ3n) is 3.88. The molecule has 0 bridgehead atoms. The molecule has 0 N–H and O–H groups in total. The zero-order valence-electron chi connectivity index (χ0n) is 12.3. The summed E-state index contributed by atoms with van der Waals surface area (Å²) in [5, 5.41) is 0. The molecule has 2 aromatic rings. The fraction of sp³-hybridized carbons (Fsp3) is 0.400. The van der Waals surface area contributed by atoms with E-state index in [9.17, 15) is 9.59 Å². The van der Waals surface area contributed by atoms with Crippen molar-refractivity contribution in [2.24, 2.45) is 0 Å². The lowest BCUT2D eigenvalue weighted by atomic mass is 10.2. The highest BCUT2D eigenvalue weighted by Gasteiger charge is 2.19. The third-order valence-corrected chi connectivity index (χ3v) is 4.35. The molecule has 0 saturated carbocycles. The Morgan fingerprint density at radius 2 is 2.00 bits per heavy atom. The molecule has 0 atom stereocenters. The maximum Gasteiger partial charge on any atom is 0.258 e. The Morgan fingerprint density at radius 3 is 2.68 bits per heavy atom. The maximum absolute atomic E-state index is 12.2. The minimum atomic E-state index is -0.0799. The number of fused-ring (bicyclic) bond motifs is 1. The highest BCUT2D eigenvalue weighted by atomic mass is 79.9. The minimum Gasteiger partial charge on any atom is -0.340 e. The molecule has 0 aliphatic carbocycles. The van der Waals surface area contributed by atoms with E-state index < -0.39 is 0 Å². The Kier molecular flexibility index (Phi) is 4.26. The molecule has 22 heavy (non-hydrogen) atoms. The van der Waals surface area contributed by atoms with Crippen molar-refractivity contribution < 1.29 is 4.79 Å². The van der Waals surface area contributed by atoms with Gasteiger partial charge in [-0.05, 0) is 28.1 Å². The first-order valence-corrected chi connectivity index (χ1v) is 7.98. The maximum atomic E-state index is 12.2. The minimum absolute atomic E-state index is 0.0799. The van der Waals surface area contributed by atoms with Crippen LogP contribution in [0.1, 0.15) is 12.6 Å². The summed E-state index contributed by atoms with van der Waals surface area (Å²) >= 11 is 3.35. The predicted octanol–water partition coefficient (Wildman–Crippen LogP) is 1.12. The van der Waals surface area contributed by atoms with Crippen molar-refractivity contribution in [3.05, 3.63) is 44.9 Å². The van der Waals surface area contributed by atoms with Crippen LogP contribution in [0, 0.1) is 0 Å². The van der Waals surface area contributed by atoms with Gasteiger partial charge in [-0.15, -0.1) is 0 Å². The van der Waals surface area contributed by atoms with Crippen molar-refractivity contribution in [1.29, 1.82) is 0 Å². The number of rotatable bonds is 2. The van der Waals surface area contributed by atoms with Gasteiger partial charge >= 0.3 is 0 Å². The summed E-state index contributed by atoms with van der Waals surface area (Å²) in [5.74, 6) is 0.118. The lowest BCUT2D eigenvalue weighted by Gasteiger charge is -2.33. The van der Waals surface area contributed by atoms with E-state index in [0.717, 1.165) is 36.3 Å². The van der Waals surface area contributed by atoms with Gasteiger partial charge < -0.3 is 4.90 Å². The molecule has 0 spiro atoms. The zero-order chi connectivity index (χ0) is 15.7. The van der Waals surface area contributed by atoms with E-state index in [1.54, 1.807) is 19.2 Å². The number of nitrogens with zero attached hydrogens (tertiary/aromatic N) is 4. The van der Waals surface area contributed by atoms with Gasteiger partial charge in [0.05, 0.1) is 5.69 Å². The summed E-state index contributed by atoms with van der Waals surface area (Å²) in [6.45, 7) is 5.30. The smallest absolute Gasteiger partial charge is 0.258 e. The van der Waals surface area contributed by atoms with E-state index in [2.05, 4.69) is 25.8 Å². The largest absolute Gasteiger partial charge is 0.340 e. The monoisotopic (exact) mass is 364 g/mol. The number of carbonyl (C=O) groups excluding carboxylic acids is 1. The van der Waals surface area contributed by atoms with Gasteiger partial charge in [0.25, 0.3) is 5.56 Å². The molecular weight excluding hydrogens is 348 g/mol. The summed E-state index contributed by atoms with van der Waals surface area (Å²) in [6.07, 6.45) is 1.72. The van der Waals surface area contributed by atoms with Gasteiger partial charge in [0.1, 0.15) is 5.65 Å². The van der Waals surface area contributed by atoms with Crippen LogP contribution in [0.25, 0.3) is 5.65 Å². The number of hydrogen-bond donors (Lipinski definition) is 0. The fourth-order valence-corrected chi connectivity index (χ4v) is 2.99. The van der Waals surface area contributed by atoms with Crippen molar-refractivity contribution >= 4 is 27.5 Å². The van der Waals surface area contributed by atoms with Crippen LogP contribution in [-0.4, -0.2) is 51.3 Å². The van der Waals surface area contributed by atoms with E-state index >= 15 is 0 Å². The second kappa shape index (κ2) is 6.18. The van der Waals surface area contributed by atoms with Crippen LogP contribution in [0.5, 0.6) is 0 Å². The molecule has 0 unspecified atom stereocenters. The zero-order valence-corrected chi connectivity index (χ0v) is 13.9. The van der Waals surface area contributed by atoms with Crippen molar-refractivity contribution in [1.82, 2.24) is 19.2 Å². The topological polar surface area (TPSA) is 57.9 Å². The SMILES string of the molecule is CC(=O)N1CCN(Cc2cc(=O)n3cc(Br)ccc3n2)CC1. The number of pyridine rings is 1. The number of piperazine rings is 1. The number of halogens is 1. The predicted molar refractivity (Wildman–Crippen MR) is 86.7 cm³/mol. The van der Waals surface area contributed by atoms with E-state index in [1.165, 1.54) is 4.40 Å². The van der Waals surface area contributed by atoms with Crippen LogP contribution in [-0.2, 0) is 11.3 Å². The molecule has 1 amide bonds. The molecule has 7 heteroatoms. The first kappa shape index (κ1) is 15.2. The molecule has 1 saturated heterocycles. The summed E-state index contributed by atoms with van der Waals surface area (Å²) in [6, 6.07) is 5.27. The lowest BCUT2D eigenvalue weighted by Crippen LogP contribution is -2.47. The Labute approximate surface area is 136 Å². The van der Waals surface area contributed by atoms with Gasteiger partial charge in [-0.1, -0.05) is 0 Å². The van der Waals surface area contributed by atoms with E-state index in [1.807, 2.05) is 17.0 Å². The highest BCUT2D eigenvalue weighted by molar-refractivity contribution is 9.10. The van der Waals surface area contributed by atoms with Crippen LogP contribution in [0.3, 0.4) is 0 Å². The van der Waals surface area contributed by atoms with Crippen molar-refractivity contribution in [2.75, 3.05) is 26.2 Å². The molecule has 3 rings (SSSR count). The fourth-order valence-electron chi connectivity index (χ4n) is 2.66. The molecule has 1 aliphatic heterocycles. The molecule has 1 aliphatic rings. The van der Waals surface area contributed by atoms with Crippen molar-refractivity contribution in [3.8, 4) is 0 Å². The van der Waals surface area contributed by atoms with Crippen LogP contribution in [0.15, 0.2) is 33.7 Å². The average Bonchev–Trinajstić information content (AvgIpc) is 2.49. The molecule has 2 aromatic heterocycles. The molecule has 116 valence electrons. The molecule has 0 radical (unpaired) electrons. The summed E-state index contributed by atoms with van der Waals surface area (Å²) in [7, 11) is 0. The van der Waals surface area contributed by atoms with Crippen molar-refractivity contribution in [3.63, 3.8) is 0 Å². The first-order chi connectivity index (χ1) is 10.5. The quantitative estimate of drug-likeness (QED) is 0.801. The summed E-state index contributed by atoms with van der Waals surface area (Å²) < 4.78 is 2.37. The average molecular weight is 365 g/mol. The number of hydrogen-bond acceptors (Lipinski definition) is 4. The summed E-state index contributed by atoms with van der Waals surface area (Å²) in [5.41, 5.74) is 1.33. The molecular formula is C15H17BrN4O2. The molecule has 6 nitrogen and oxygen atoms in total. The van der Waals surface area contributed by atoms with E-state index in [0.29, 0.717) is 12.2 Å². The molecule has 1 fully saturated rings. The van der Waals surface area contributed by atoms with Gasteiger partial charge in [-0.3, -0.25) is 18.9 Å². The van der Waals surface area contributed by atoms with Crippen LogP contribution >= 0.6 is 15.9 Å². The van der Waals surface area contributed by atoms with E-state index in [-0.39, 0.29) is 11.5 Å². The highest BCUT2D eigenvalue weighted by Crippen LogP contribution is 2.11. The Hall–Kier alpha value is -1.73. The summed E-state index contributed by atoms with van der Waals surface area (Å²) in [4.78, 5) is 32.1. The first-order valence-electron chi connectivity index (χ1n) is 7.18. The van der Waals surface area contributed by atoms with Crippen LogP contribution < -0.4 is 5.56 Å². The molecule has 3 heterocycles. The third kappa shape index (κ3) is 3.20. The van der Waals surface area contributed by atoms with Gasteiger partial charge in [-0.25, -0.2) is 4.98 Å². The molecule has 0 aromatic carbocycles. The Bertz CT molecular complexity index is 766. The van der Waals surface area contributed by atoms with Gasteiger partial charge in [0, 0.05) is 56.4 Å². The van der Waals surface area contributed by atoms with Gasteiger partial charge in [0.15, 0.2) is 0 Å². The number of carbonyl (C=O) groups is 1. The normalized spacial score (nSPS) is 16.2. The van der Waals surface area contributed by atoms with Crippen LogP contribution in [0.4, 0.5) is 0 Å².